The maximum Gasteiger partial charge on any atom is 0.501 e. The number of carbonyl (C=O) groups is 1. The summed E-state index contributed by atoms with van der Waals surface area (Å²) in [5.41, 5.74) is -6.04. The topological polar surface area (TPSA) is 150 Å². The van der Waals surface area contributed by atoms with Gasteiger partial charge >= 0.3 is 11.6 Å². The van der Waals surface area contributed by atoms with Crippen LogP contribution in [0.25, 0.3) is 0 Å². The van der Waals surface area contributed by atoms with Crippen molar-refractivity contribution in [3.05, 3.63) is 48.5 Å². The maximum absolute atomic E-state index is 13.5. The van der Waals surface area contributed by atoms with Gasteiger partial charge in [-0.3, -0.25) is 0 Å². The standard InChI is InChI=1S/C25H31F3N4O6S3/c26-25(27,28)40(35,36)22-14-20(41(29,37)38)6-7-21(22)30-18(15-39-19-4-2-1-3-5-19)8-11-31-12-9-24(10-13-31)16-32(17-24)23(33)34/h1-7,14,18,30H,8-13,15-17H2,(H,33,34)(H2,29,37,38). The fraction of sp³-hybridized carbons (Fsp3) is 0.480. The summed E-state index contributed by atoms with van der Waals surface area (Å²) in [6.07, 6.45) is 1.19. The smallest absolute Gasteiger partial charge is 0.465 e. The van der Waals surface area contributed by atoms with Crippen molar-refractivity contribution in [3.8, 4) is 0 Å². The average Bonchev–Trinajstić information content (AvgIpc) is 2.88. The Morgan fingerprint density at radius 1 is 1.07 bits per heavy atom. The lowest BCUT2D eigenvalue weighted by molar-refractivity contribution is -0.0435. The Morgan fingerprint density at radius 3 is 2.27 bits per heavy atom. The first-order valence-corrected chi connectivity index (χ1v) is 16.7. The third-order valence-corrected chi connectivity index (χ3v) is 11.1. The van der Waals surface area contributed by atoms with Gasteiger partial charge in [0, 0.05) is 41.7 Å². The van der Waals surface area contributed by atoms with Gasteiger partial charge in [-0.1, -0.05) is 18.2 Å². The molecule has 4 rings (SSSR count). The summed E-state index contributed by atoms with van der Waals surface area (Å²) < 4.78 is 89.1. The third kappa shape index (κ3) is 7.46. The molecule has 0 aliphatic carbocycles. The highest BCUT2D eigenvalue weighted by atomic mass is 32.2. The molecule has 4 N–H and O–H groups in total. The van der Waals surface area contributed by atoms with E-state index in [9.17, 15) is 34.8 Å². The number of hydrogen-bond acceptors (Lipinski definition) is 8. The van der Waals surface area contributed by atoms with E-state index in [0.717, 1.165) is 43.0 Å². The Bertz CT molecular complexity index is 1460. The Kier molecular flexibility index (Phi) is 9.18. The van der Waals surface area contributed by atoms with Gasteiger partial charge in [0.05, 0.1) is 10.6 Å². The second kappa shape index (κ2) is 12.0. The minimum atomic E-state index is -5.90. The number of primary sulfonamides is 1. The quantitative estimate of drug-likeness (QED) is 0.332. The molecule has 2 aromatic carbocycles. The molecule has 1 atom stereocenters. The molecule has 0 radical (unpaired) electrons. The summed E-state index contributed by atoms with van der Waals surface area (Å²) in [6.45, 7) is 3.08. The van der Waals surface area contributed by atoms with Crippen LogP contribution in [0.5, 0.6) is 0 Å². The number of nitrogens with zero attached hydrogens (tertiary/aromatic N) is 2. The number of nitrogens with one attached hydrogen (secondary N) is 1. The molecule has 10 nitrogen and oxygen atoms in total. The van der Waals surface area contributed by atoms with Crippen LogP contribution in [0.4, 0.5) is 23.7 Å². The molecule has 2 aliphatic rings. The zero-order valence-corrected chi connectivity index (χ0v) is 24.3. The summed E-state index contributed by atoms with van der Waals surface area (Å²) in [5, 5.41) is 17.1. The first-order chi connectivity index (χ1) is 19.1. The first-order valence-electron chi connectivity index (χ1n) is 12.7. The Morgan fingerprint density at radius 2 is 1.71 bits per heavy atom. The molecule has 2 fully saturated rings. The molecule has 0 aromatic heterocycles. The molecule has 16 heteroatoms. The molecule has 2 aromatic rings. The number of anilines is 1. The predicted octanol–water partition coefficient (Wildman–Crippen LogP) is 3.67. The van der Waals surface area contributed by atoms with Gasteiger partial charge in [0.1, 0.15) is 4.90 Å². The van der Waals surface area contributed by atoms with E-state index in [0.29, 0.717) is 37.9 Å². The monoisotopic (exact) mass is 636 g/mol. The number of halogens is 3. The van der Waals surface area contributed by atoms with Crippen molar-refractivity contribution < 1.29 is 39.9 Å². The van der Waals surface area contributed by atoms with Gasteiger partial charge in [0.15, 0.2) is 0 Å². The van der Waals surface area contributed by atoms with Crippen LogP contribution < -0.4 is 10.5 Å². The Balaban J connectivity index is 1.52. The zero-order valence-electron chi connectivity index (χ0n) is 21.9. The van der Waals surface area contributed by atoms with E-state index in [1.807, 2.05) is 30.3 Å². The number of sulfone groups is 1. The van der Waals surface area contributed by atoms with Crippen molar-refractivity contribution in [2.24, 2.45) is 10.6 Å². The number of alkyl halides is 3. The largest absolute Gasteiger partial charge is 0.501 e. The molecule has 2 saturated heterocycles. The molecule has 226 valence electrons. The maximum atomic E-state index is 13.5. The predicted molar refractivity (Wildman–Crippen MR) is 148 cm³/mol. The van der Waals surface area contributed by atoms with Crippen molar-refractivity contribution in [2.45, 2.75) is 45.5 Å². The van der Waals surface area contributed by atoms with E-state index in [-0.39, 0.29) is 11.1 Å². The second-order valence-corrected chi connectivity index (χ2v) is 15.0. The van der Waals surface area contributed by atoms with E-state index in [2.05, 4.69) is 10.2 Å². The number of likely N-dealkylation sites (tertiary alicyclic amines) is 2. The van der Waals surface area contributed by atoms with Gasteiger partial charge in [-0.2, -0.15) is 13.2 Å². The molecule has 41 heavy (non-hydrogen) atoms. The van der Waals surface area contributed by atoms with Crippen molar-refractivity contribution in [2.75, 3.05) is 43.8 Å². The van der Waals surface area contributed by atoms with Crippen LogP contribution in [0.3, 0.4) is 0 Å². The number of carboxylic acid groups (broad SMARTS) is 1. The van der Waals surface area contributed by atoms with Crippen LogP contribution in [0, 0.1) is 5.41 Å². The number of piperidine rings is 1. The van der Waals surface area contributed by atoms with Gasteiger partial charge in [0.2, 0.25) is 10.0 Å². The molecule has 2 heterocycles. The normalized spacial score (nSPS) is 18.6. The highest BCUT2D eigenvalue weighted by Gasteiger charge is 2.49. The number of hydrogen-bond donors (Lipinski definition) is 3. The van der Waals surface area contributed by atoms with Crippen molar-refractivity contribution in [1.82, 2.24) is 9.80 Å². The number of benzene rings is 2. The number of nitrogens with two attached hydrogens (primary N) is 1. The van der Waals surface area contributed by atoms with Gasteiger partial charge in [-0.25, -0.2) is 26.8 Å². The molecule has 1 spiro atoms. The van der Waals surface area contributed by atoms with Gasteiger partial charge < -0.3 is 20.2 Å². The van der Waals surface area contributed by atoms with E-state index in [1.54, 1.807) is 0 Å². The van der Waals surface area contributed by atoms with Crippen LogP contribution >= 0.6 is 11.8 Å². The molecule has 1 amide bonds. The fourth-order valence-electron chi connectivity index (χ4n) is 5.08. The van der Waals surface area contributed by atoms with Crippen molar-refractivity contribution in [3.63, 3.8) is 0 Å². The summed E-state index contributed by atoms with van der Waals surface area (Å²) in [5.74, 6) is 0.387. The van der Waals surface area contributed by atoms with Crippen LogP contribution in [0.2, 0.25) is 0 Å². The summed E-state index contributed by atoms with van der Waals surface area (Å²) in [7, 11) is -10.4. The molecular formula is C25H31F3N4O6S3. The highest BCUT2D eigenvalue weighted by Crippen LogP contribution is 2.41. The number of sulfonamides is 1. The van der Waals surface area contributed by atoms with Gasteiger partial charge in [0.25, 0.3) is 9.84 Å². The lowest BCUT2D eigenvalue weighted by Crippen LogP contribution is -2.61. The molecule has 0 bridgehead atoms. The molecular weight excluding hydrogens is 605 g/mol. The summed E-state index contributed by atoms with van der Waals surface area (Å²) in [4.78, 5) is 13.7. The molecule has 1 unspecified atom stereocenters. The van der Waals surface area contributed by atoms with Crippen LogP contribution in [-0.2, 0) is 19.9 Å². The molecule has 0 saturated carbocycles. The van der Waals surface area contributed by atoms with Gasteiger partial charge in [-0.05, 0) is 62.7 Å². The minimum Gasteiger partial charge on any atom is -0.465 e. The Labute approximate surface area is 241 Å². The molecule has 2 aliphatic heterocycles. The minimum absolute atomic E-state index is 0.0123. The average molecular weight is 637 g/mol. The number of amides is 1. The summed E-state index contributed by atoms with van der Waals surface area (Å²) in [6, 6.07) is 11.2. The van der Waals surface area contributed by atoms with E-state index < -0.39 is 47.3 Å². The SMILES string of the molecule is NS(=O)(=O)c1ccc(NC(CCN2CCC3(CC2)CN(C(=O)O)C3)CSc2ccccc2)c(S(=O)(=O)C(F)(F)F)c1. The van der Waals surface area contributed by atoms with Crippen LogP contribution in [0.15, 0.2) is 63.2 Å². The summed E-state index contributed by atoms with van der Waals surface area (Å²) >= 11 is 1.45. The number of thioether (sulfide) groups is 1. The third-order valence-electron chi connectivity index (χ3n) is 7.46. The van der Waals surface area contributed by atoms with Crippen molar-refractivity contribution in [1.29, 1.82) is 0 Å². The van der Waals surface area contributed by atoms with Crippen LogP contribution in [0.1, 0.15) is 19.3 Å². The van der Waals surface area contributed by atoms with Crippen molar-refractivity contribution >= 4 is 43.4 Å². The van der Waals surface area contributed by atoms with Crippen LogP contribution in [-0.4, -0.2) is 87.9 Å². The second-order valence-electron chi connectivity index (χ2n) is 10.4. The van der Waals surface area contributed by atoms with Gasteiger partial charge in [-0.15, -0.1) is 11.8 Å². The zero-order chi connectivity index (χ0) is 30.1. The number of rotatable bonds is 10. The van der Waals surface area contributed by atoms with E-state index in [4.69, 9.17) is 10.2 Å². The lowest BCUT2D eigenvalue weighted by atomic mass is 9.72. The lowest BCUT2D eigenvalue weighted by Gasteiger charge is -2.53. The van der Waals surface area contributed by atoms with E-state index in [1.165, 1.54) is 16.7 Å². The fourth-order valence-corrected chi connectivity index (χ4v) is 7.64. The Hall–Kier alpha value is -2.53. The first kappa shape index (κ1) is 31.4. The highest BCUT2D eigenvalue weighted by molar-refractivity contribution is 7.99. The van der Waals surface area contributed by atoms with E-state index >= 15 is 0 Å².